The van der Waals surface area contributed by atoms with Gasteiger partial charge in [-0.2, -0.15) is 0 Å². The van der Waals surface area contributed by atoms with Crippen molar-refractivity contribution in [2.24, 2.45) is 5.84 Å². The van der Waals surface area contributed by atoms with Crippen molar-refractivity contribution in [1.82, 2.24) is 14.9 Å². The van der Waals surface area contributed by atoms with Crippen molar-refractivity contribution in [1.29, 1.82) is 0 Å². The zero-order valence-electron chi connectivity index (χ0n) is 21.5. The number of nitrogens with two attached hydrogens (primary N) is 1. The Morgan fingerprint density at radius 3 is 2.59 bits per heavy atom. The van der Waals surface area contributed by atoms with Crippen LogP contribution < -0.4 is 35.8 Å². The molecule has 1 aromatic heterocycles. The lowest BCUT2D eigenvalue weighted by Gasteiger charge is -2.26. The molecule has 39 heavy (non-hydrogen) atoms. The number of methoxy groups -OCH3 is 1. The van der Waals surface area contributed by atoms with Crippen LogP contribution in [0.4, 0.5) is 0 Å². The lowest BCUT2D eigenvalue weighted by atomic mass is 10.0. The zero-order chi connectivity index (χ0) is 27.1. The highest BCUT2D eigenvalue weighted by atomic mass is 16.7. The topological polar surface area (TPSA) is 147 Å². The molecule has 3 aromatic rings. The molecule has 2 aliphatic heterocycles. The summed E-state index contributed by atoms with van der Waals surface area (Å²) in [4.78, 5) is 28.1. The van der Waals surface area contributed by atoms with Crippen molar-refractivity contribution in [2.45, 2.75) is 19.1 Å². The summed E-state index contributed by atoms with van der Waals surface area (Å²) in [5.74, 6) is 6.30. The van der Waals surface area contributed by atoms with Crippen LogP contribution in [0.25, 0.3) is 22.0 Å². The minimum absolute atomic E-state index is 0.0993. The van der Waals surface area contributed by atoms with Gasteiger partial charge in [-0.05, 0) is 41.6 Å². The van der Waals surface area contributed by atoms with Crippen molar-refractivity contribution < 1.29 is 33.6 Å². The summed E-state index contributed by atoms with van der Waals surface area (Å²) in [7, 11) is 1.46. The molecular weight excluding hydrogens is 508 g/mol. The van der Waals surface area contributed by atoms with Gasteiger partial charge in [0.1, 0.15) is 6.10 Å². The summed E-state index contributed by atoms with van der Waals surface area (Å²) in [6.45, 7) is 4.15. The lowest BCUT2D eigenvalue weighted by Crippen LogP contribution is -2.37. The molecule has 2 aromatic carbocycles. The van der Waals surface area contributed by atoms with Crippen molar-refractivity contribution in [3.63, 3.8) is 0 Å². The summed E-state index contributed by atoms with van der Waals surface area (Å²) in [5, 5.41) is 12.5. The average molecular weight is 539 g/mol. The summed E-state index contributed by atoms with van der Waals surface area (Å²) in [6.07, 6.45) is -0.285. The fraction of sp³-hybridized carbons (Fsp3) is 0.407. The van der Waals surface area contributed by atoms with Crippen LogP contribution in [0, 0.1) is 0 Å². The van der Waals surface area contributed by atoms with Gasteiger partial charge in [0.2, 0.25) is 6.79 Å². The van der Waals surface area contributed by atoms with Gasteiger partial charge in [0, 0.05) is 37.3 Å². The molecule has 1 aliphatic carbocycles. The van der Waals surface area contributed by atoms with E-state index in [1.807, 2.05) is 11.5 Å². The molecule has 0 bridgehead atoms. The molecule has 1 atom stereocenters. The number of ether oxygens (including phenoxy) is 5. The molecule has 6 rings (SSSR count). The van der Waals surface area contributed by atoms with Crippen LogP contribution in [0.15, 0.2) is 29.1 Å². The third-order valence-corrected chi connectivity index (χ3v) is 7.44. The molecule has 4 N–H and O–H groups in total. The first-order chi connectivity index (χ1) is 19.0. The third kappa shape index (κ3) is 4.44. The monoisotopic (exact) mass is 538 g/mol. The number of carbonyl (C=O) groups is 1. The highest BCUT2D eigenvalue weighted by molar-refractivity contribution is 5.96. The largest absolute Gasteiger partial charge is 0.493 e. The number of aromatic nitrogens is 1. The molecule has 1 fully saturated rings. The summed E-state index contributed by atoms with van der Waals surface area (Å²) < 4.78 is 29.5. The maximum Gasteiger partial charge on any atom is 0.271 e. The van der Waals surface area contributed by atoms with Gasteiger partial charge in [-0.15, -0.1) is 0 Å². The van der Waals surface area contributed by atoms with Gasteiger partial charge in [-0.1, -0.05) is 0 Å². The van der Waals surface area contributed by atoms with E-state index in [1.165, 1.54) is 7.11 Å². The number of benzene rings is 2. The highest BCUT2D eigenvalue weighted by Crippen LogP contribution is 2.51. The first kappa shape index (κ1) is 25.4. The molecule has 3 aliphatic rings. The molecule has 206 valence electrons. The van der Waals surface area contributed by atoms with E-state index < -0.39 is 12.0 Å². The molecule has 12 nitrogen and oxygen atoms in total. The molecule has 1 saturated heterocycles. The molecule has 12 heteroatoms. The SMILES string of the molecule is COc1cc2c(=O)n(CCCN3CCOCC3)c3c(c2cc1OCC(=O)NN)C(O)c1cc2c(cc1-3)OCO2. The number of fused-ring (bicyclic) bond motifs is 6. The highest BCUT2D eigenvalue weighted by Gasteiger charge is 2.36. The molecule has 0 spiro atoms. The number of hydrogen-bond acceptors (Lipinski definition) is 10. The van der Waals surface area contributed by atoms with Crippen LogP contribution >= 0.6 is 0 Å². The number of pyridine rings is 1. The standard InChI is InChI=1S/C27H30N4O8/c1-35-19-12-18-15(9-20(19)37-13-23(32)29-28)24-25(16-10-21-22(39-14-38-21)11-17(16)26(24)33)31(27(18)34)4-2-3-30-5-7-36-8-6-30/h9-12,26,33H,2-8,13-14,28H2,1H3,(H,29,32). The van der Waals surface area contributed by atoms with Crippen molar-refractivity contribution in [3.8, 4) is 34.3 Å². The lowest BCUT2D eigenvalue weighted by molar-refractivity contribution is -0.123. The number of nitrogens with one attached hydrogen (secondary N) is 1. The minimum atomic E-state index is -1.02. The van der Waals surface area contributed by atoms with E-state index in [9.17, 15) is 14.7 Å². The number of amides is 1. The van der Waals surface area contributed by atoms with Crippen LogP contribution in [-0.2, 0) is 16.1 Å². The smallest absolute Gasteiger partial charge is 0.271 e. The van der Waals surface area contributed by atoms with E-state index in [0.29, 0.717) is 64.4 Å². The van der Waals surface area contributed by atoms with Gasteiger partial charge < -0.3 is 33.4 Å². The molecule has 1 amide bonds. The fourth-order valence-corrected chi connectivity index (χ4v) is 5.54. The van der Waals surface area contributed by atoms with Crippen molar-refractivity contribution in [3.05, 3.63) is 45.7 Å². The van der Waals surface area contributed by atoms with Crippen molar-refractivity contribution >= 4 is 16.7 Å². The normalized spacial score (nSPS) is 17.7. The molecular formula is C27H30N4O8. The predicted octanol–water partition coefficient (Wildman–Crippen LogP) is 0.892. The Morgan fingerprint density at radius 2 is 1.85 bits per heavy atom. The van der Waals surface area contributed by atoms with Crippen molar-refractivity contribution in [2.75, 3.05) is 53.4 Å². The summed E-state index contributed by atoms with van der Waals surface area (Å²) in [6, 6.07) is 6.81. The number of nitrogens with zero attached hydrogens (tertiary/aromatic N) is 2. The molecule has 0 radical (unpaired) electrons. The van der Waals surface area contributed by atoms with E-state index >= 15 is 0 Å². The second-order valence-electron chi connectivity index (χ2n) is 9.63. The Kier molecular flexibility index (Phi) is 6.77. The van der Waals surface area contributed by atoms with Gasteiger partial charge in [0.05, 0.1) is 31.4 Å². The Morgan fingerprint density at radius 1 is 1.10 bits per heavy atom. The average Bonchev–Trinajstić information content (AvgIpc) is 3.54. The molecule has 1 unspecified atom stereocenters. The Hall–Kier alpha value is -3.84. The number of morpholine rings is 1. The number of aliphatic hydroxyl groups is 1. The maximum atomic E-state index is 14.0. The molecule has 3 heterocycles. The third-order valence-electron chi connectivity index (χ3n) is 7.44. The van der Waals surface area contributed by atoms with E-state index in [4.69, 9.17) is 29.5 Å². The minimum Gasteiger partial charge on any atom is -0.493 e. The predicted molar refractivity (Wildman–Crippen MR) is 140 cm³/mol. The van der Waals surface area contributed by atoms with Crippen LogP contribution in [0.5, 0.6) is 23.0 Å². The van der Waals surface area contributed by atoms with E-state index in [1.54, 1.807) is 22.8 Å². The second-order valence-corrected chi connectivity index (χ2v) is 9.63. The van der Waals surface area contributed by atoms with E-state index in [0.717, 1.165) is 26.1 Å². The number of aliphatic hydroxyl groups excluding tert-OH is 1. The van der Waals surface area contributed by atoms with Crippen LogP contribution in [0.3, 0.4) is 0 Å². The number of rotatable bonds is 8. The Labute approximate surface area is 223 Å². The van der Waals surface area contributed by atoms with E-state index in [-0.39, 0.29) is 30.5 Å². The van der Waals surface area contributed by atoms with Gasteiger partial charge in [0.15, 0.2) is 29.6 Å². The number of hydrogen-bond donors (Lipinski definition) is 3. The Balaban J connectivity index is 1.49. The van der Waals surface area contributed by atoms with Gasteiger partial charge >= 0.3 is 0 Å². The molecule has 0 saturated carbocycles. The van der Waals surface area contributed by atoms with Crippen LogP contribution in [0.2, 0.25) is 0 Å². The summed E-state index contributed by atoms with van der Waals surface area (Å²) in [5.41, 5.74) is 4.35. The van der Waals surface area contributed by atoms with Gasteiger partial charge in [-0.25, -0.2) is 5.84 Å². The van der Waals surface area contributed by atoms with Gasteiger partial charge in [0.25, 0.3) is 11.5 Å². The first-order valence-electron chi connectivity index (χ1n) is 12.8. The van der Waals surface area contributed by atoms with E-state index in [2.05, 4.69) is 4.90 Å². The fourth-order valence-electron chi connectivity index (χ4n) is 5.54. The second kappa shape index (κ2) is 10.4. The maximum absolute atomic E-state index is 14.0. The van der Waals surface area contributed by atoms with Gasteiger partial charge in [-0.3, -0.25) is 19.9 Å². The van der Waals surface area contributed by atoms with Crippen LogP contribution in [-0.4, -0.2) is 73.8 Å². The van der Waals surface area contributed by atoms with Crippen LogP contribution in [0.1, 0.15) is 23.7 Å². The zero-order valence-corrected chi connectivity index (χ0v) is 21.5. The first-order valence-corrected chi connectivity index (χ1v) is 12.8. The Bertz CT molecular complexity index is 1500. The summed E-state index contributed by atoms with van der Waals surface area (Å²) >= 11 is 0. The number of hydrazine groups is 1. The quantitative estimate of drug-likeness (QED) is 0.215. The number of carbonyl (C=O) groups excluding carboxylic acids is 1.